The normalized spacial score (nSPS) is 24.6. The molecule has 0 aromatic rings. The third kappa shape index (κ3) is 5.70. The van der Waals surface area contributed by atoms with Crippen LogP contribution in [0.3, 0.4) is 0 Å². The predicted molar refractivity (Wildman–Crippen MR) is 93.9 cm³/mol. The highest BCUT2D eigenvalue weighted by Gasteiger charge is 2.33. The molecule has 5 nitrogen and oxygen atoms in total. The van der Waals surface area contributed by atoms with Crippen molar-refractivity contribution in [1.29, 1.82) is 0 Å². The summed E-state index contributed by atoms with van der Waals surface area (Å²) in [6, 6.07) is -0.964. The molecule has 3 amide bonds. The summed E-state index contributed by atoms with van der Waals surface area (Å²) >= 11 is 0. The maximum absolute atomic E-state index is 12.5. The van der Waals surface area contributed by atoms with Gasteiger partial charge >= 0.3 is 6.03 Å². The summed E-state index contributed by atoms with van der Waals surface area (Å²) in [5.74, 6) is 0.698. The van der Waals surface area contributed by atoms with Crippen LogP contribution in [0.2, 0.25) is 0 Å². The van der Waals surface area contributed by atoms with Crippen LogP contribution in [-0.2, 0) is 4.79 Å². The summed E-state index contributed by atoms with van der Waals surface area (Å²) in [5.41, 5.74) is 5.58. The average molecular weight is 325 g/mol. The molecule has 23 heavy (non-hydrogen) atoms. The Morgan fingerprint density at radius 2 is 1.74 bits per heavy atom. The van der Waals surface area contributed by atoms with Crippen molar-refractivity contribution in [2.24, 2.45) is 23.0 Å². The number of nitrogens with one attached hydrogen (secondary N) is 2. The van der Waals surface area contributed by atoms with Crippen molar-refractivity contribution in [2.45, 2.75) is 85.2 Å². The average Bonchev–Trinajstić information content (AvgIpc) is 2.52. The molecule has 0 spiro atoms. The number of primary amides is 1. The molecule has 0 aromatic heterocycles. The second-order valence-corrected chi connectivity index (χ2v) is 7.77. The van der Waals surface area contributed by atoms with Crippen molar-refractivity contribution in [3.05, 3.63) is 0 Å². The van der Waals surface area contributed by atoms with E-state index in [4.69, 9.17) is 5.73 Å². The lowest BCUT2D eigenvalue weighted by Crippen LogP contribution is -2.54. The van der Waals surface area contributed by atoms with Gasteiger partial charge in [-0.15, -0.1) is 0 Å². The Labute approximate surface area is 141 Å². The van der Waals surface area contributed by atoms with E-state index in [1.165, 1.54) is 6.42 Å². The van der Waals surface area contributed by atoms with Gasteiger partial charge in [0, 0.05) is 6.04 Å². The van der Waals surface area contributed by atoms with E-state index in [0.717, 1.165) is 38.0 Å². The van der Waals surface area contributed by atoms with Gasteiger partial charge in [-0.05, 0) is 42.9 Å². The van der Waals surface area contributed by atoms with E-state index in [0.29, 0.717) is 5.41 Å². The number of rotatable bonds is 7. The number of carbonyl (C=O) groups excluding carboxylic acids is 2. The maximum Gasteiger partial charge on any atom is 0.312 e. The third-order valence-electron chi connectivity index (χ3n) is 5.88. The van der Waals surface area contributed by atoms with Gasteiger partial charge in [0.2, 0.25) is 5.91 Å². The lowest BCUT2D eigenvalue weighted by molar-refractivity contribution is -0.125. The van der Waals surface area contributed by atoms with Crippen molar-refractivity contribution in [3.63, 3.8) is 0 Å². The van der Waals surface area contributed by atoms with E-state index < -0.39 is 12.1 Å². The zero-order chi connectivity index (χ0) is 17.6. The fourth-order valence-corrected chi connectivity index (χ4v) is 3.45. The van der Waals surface area contributed by atoms with Gasteiger partial charge in [0.05, 0.1) is 0 Å². The lowest BCUT2D eigenvalue weighted by atomic mass is 9.69. The number of carbonyl (C=O) groups is 2. The largest absolute Gasteiger partial charge is 0.352 e. The lowest BCUT2D eigenvalue weighted by Gasteiger charge is -2.39. The van der Waals surface area contributed by atoms with Gasteiger partial charge in [0.15, 0.2) is 0 Å². The fourth-order valence-electron chi connectivity index (χ4n) is 3.45. The van der Waals surface area contributed by atoms with E-state index >= 15 is 0 Å². The van der Waals surface area contributed by atoms with Gasteiger partial charge in [-0.1, -0.05) is 47.5 Å². The second-order valence-electron chi connectivity index (χ2n) is 7.77. The number of hydrogen-bond donors (Lipinski definition) is 3. The Kier molecular flexibility index (Phi) is 7.36. The summed E-state index contributed by atoms with van der Waals surface area (Å²) in [4.78, 5) is 23.6. The Hall–Kier alpha value is -1.26. The Morgan fingerprint density at radius 1 is 1.17 bits per heavy atom. The van der Waals surface area contributed by atoms with Gasteiger partial charge < -0.3 is 16.4 Å². The first kappa shape index (κ1) is 19.8. The van der Waals surface area contributed by atoms with Crippen LogP contribution in [0, 0.1) is 17.3 Å². The number of urea groups is 1. The molecule has 4 N–H and O–H groups in total. The highest BCUT2D eigenvalue weighted by Crippen LogP contribution is 2.40. The molecule has 0 heterocycles. The summed E-state index contributed by atoms with van der Waals surface area (Å²) in [5, 5.41) is 5.71. The van der Waals surface area contributed by atoms with Crippen molar-refractivity contribution < 1.29 is 9.59 Å². The van der Waals surface area contributed by atoms with Gasteiger partial charge in [-0.2, -0.15) is 0 Å². The molecule has 1 aliphatic carbocycles. The maximum atomic E-state index is 12.5. The number of hydrogen-bond acceptors (Lipinski definition) is 2. The topological polar surface area (TPSA) is 84.2 Å². The molecule has 1 fully saturated rings. The molecule has 0 bridgehead atoms. The van der Waals surface area contributed by atoms with Crippen LogP contribution >= 0.6 is 0 Å². The summed E-state index contributed by atoms with van der Waals surface area (Å²) < 4.78 is 0. The van der Waals surface area contributed by atoms with Crippen molar-refractivity contribution >= 4 is 11.9 Å². The van der Waals surface area contributed by atoms with Crippen LogP contribution in [0.25, 0.3) is 0 Å². The van der Waals surface area contributed by atoms with Gasteiger partial charge in [0.25, 0.3) is 0 Å². The molecule has 0 radical (unpaired) electrons. The zero-order valence-corrected chi connectivity index (χ0v) is 15.4. The first-order chi connectivity index (χ1) is 10.7. The van der Waals surface area contributed by atoms with Gasteiger partial charge in [-0.25, -0.2) is 4.79 Å². The summed E-state index contributed by atoms with van der Waals surface area (Å²) in [7, 11) is 0. The molecule has 2 unspecified atom stereocenters. The molecule has 1 saturated carbocycles. The molecule has 0 aromatic carbocycles. The van der Waals surface area contributed by atoms with E-state index in [-0.39, 0.29) is 17.9 Å². The number of amides is 3. The third-order valence-corrected chi connectivity index (χ3v) is 5.88. The molecular formula is C18H35N3O2. The van der Waals surface area contributed by atoms with Crippen molar-refractivity contribution in [1.82, 2.24) is 10.6 Å². The Bertz CT molecular complexity index is 401. The van der Waals surface area contributed by atoms with E-state index in [2.05, 4.69) is 31.4 Å². The monoisotopic (exact) mass is 325 g/mol. The molecular weight excluding hydrogens is 290 g/mol. The van der Waals surface area contributed by atoms with Crippen LogP contribution in [0.4, 0.5) is 4.79 Å². The zero-order valence-electron chi connectivity index (χ0n) is 15.4. The molecule has 2 atom stereocenters. The van der Waals surface area contributed by atoms with Crippen molar-refractivity contribution in [3.8, 4) is 0 Å². The van der Waals surface area contributed by atoms with Crippen LogP contribution in [-0.4, -0.2) is 24.0 Å². The number of nitrogens with two attached hydrogens (primary N) is 1. The SMILES string of the molecule is CCC(C)C(NC(N)=O)C(=O)NC1CCC(C(C)(C)CC)CC1. The molecule has 1 rings (SSSR count). The standard InChI is InChI=1S/C18H35N3O2/c1-6-12(3)15(21-17(19)23)16(22)20-14-10-8-13(9-11-14)18(4,5)7-2/h12-15H,6-11H2,1-5H3,(H,20,22)(H3,19,21,23). The highest BCUT2D eigenvalue weighted by molar-refractivity contribution is 5.87. The quantitative estimate of drug-likeness (QED) is 0.671. The molecule has 0 aliphatic heterocycles. The first-order valence-electron chi connectivity index (χ1n) is 9.07. The Morgan fingerprint density at radius 3 is 2.17 bits per heavy atom. The van der Waals surface area contributed by atoms with Gasteiger partial charge in [-0.3, -0.25) is 4.79 Å². The minimum Gasteiger partial charge on any atom is -0.352 e. The minimum atomic E-state index is -0.640. The highest BCUT2D eigenvalue weighted by atomic mass is 16.2. The Balaban J connectivity index is 2.56. The van der Waals surface area contributed by atoms with E-state index in [1.54, 1.807) is 0 Å². The second kappa shape index (κ2) is 8.55. The molecule has 134 valence electrons. The predicted octanol–water partition coefficient (Wildman–Crippen LogP) is 3.18. The first-order valence-corrected chi connectivity index (χ1v) is 9.07. The molecule has 1 aliphatic rings. The van der Waals surface area contributed by atoms with Crippen LogP contribution in [0.5, 0.6) is 0 Å². The molecule has 5 heteroatoms. The van der Waals surface area contributed by atoms with Crippen LogP contribution in [0.1, 0.15) is 73.1 Å². The summed E-state index contributed by atoms with van der Waals surface area (Å²) in [6.07, 6.45) is 6.35. The molecule has 0 saturated heterocycles. The van der Waals surface area contributed by atoms with Crippen LogP contribution < -0.4 is 16.4 Å². The van der Waals surface area contributed by atoms with E-state index in [9.17, 15) is 9.59 Å². The van der Waals surface area contributed by atoms with Crippen LogP contribution in [0.15, 0.2) is 0 Å². The fraction of sp³-hybridized carbons (Fsp3) is 0.889. The summed E-state index contributed by atoms with van der Waals surface area (Å²) in [6.45, 7) is 10.9. The smallest absolute Gasteiger partial charge is 0.312 e. The van der Waals surface area contributed by atoms with E-state index in [1.807, 2.05) is 13.8 Å². The van der Waals surface area contributed by atoms with Crippen molar-refractivity contribution in [2.75, 3.05) is 0 Å². The van der Waals surface area contributed by atoms with Gasteiger partial charge in [0.1, 0.15) is 6.04 Å². The minimum absolute atomic E-state index is 0.0675.